The van der Waals surface area contributed by atoms with E-state index < -0.39 is 5.54 Å². The Bertz CT molecular complexity index is 481. The van der Waals surface area contributed by atoms with Gasteiger partial charge in [0.2, 0.25) is 5.91 Å². The van der Waals surface area contributed by atoms with Gasteiger partial charge in [-0.1, -0.05) is 28.1 Å². The maximum atomic E-state index is 12.4. The Morgan fingerprint density at radius 1 is 1.50 bits per heavy atom. The molecule has 2 unspecified atom stereocenters. The van der Waals surface area contributed by atoms with Gasteiger partial charge in [0.1, 0.15) is 5.54 Å². The molecule has 1 aromatic rings. The molecule has 2 rings (SSSR count). The zero-order chi connectivity index (χ0) is 14.8. The fraction of sp³-hybridized carbons (Fsp3) is 0.533. The number of hydrogen-bond donors (Lipinski definition) is 2. The van der Waals surface area contributed by atoms with Crippen LogP contribution in [0.1, 0.15) is 32.3 Å². The standard InChI is InChI=1S/C15H21BrN2OS/c1-14(8-3-9-20-14)10-18-13(19)15(2,17)11-4-6-12(16)7-5-11/h4-7H,3,8-10,17H2,1-2H3,(H,18,19). The van der Waals surface area contributed by atoms with Crippen LogP contribution in [-0.2, 0) is 10.3 Å². The van der Waals surface area contributed by atoms with E-state index in [2.05, 4.69) is 28.2 Å². The highest BCUT2D eigenvalue weighted by molar-refractivity contribution is 9.10. The number of thioether (sulfide) groups is 1. The minimum Gasteiger partial charge on any atom is -0.353 e. The average molecular weight is 357 g/mol. The Hall–Kier alpha value is -0.520. The van der Waals surface area contributed by atoms with Crippen LogP contribution in [0, 0.1) is 0 Å². The fourth-order valence-corrected chi connectivity index (χ4v) is 3.86. The Morgan fingerprint density at radius 3 is 2.70 bits per heavy atom. The number of carbonyl (C=O) groups excluding carboxylic acids is 1. The largest absolute Gasteiger partial charge is 0.353 e. The number of nitrogens with two attached hydrogens (primary N) is 1. The number of halogens is 1. The van der Waals surface area contributed by atoms with Crippen molar-refractivity contribution < 1.29 is 4.79 Å². The summed E-state index contributed by atoms with van der Waals surface area (Å²) in [4.78, 5) is 12.4. The molecule has 110 valence electrons. The van der Waals surface area contributed by atoms with Crippen molar-refractivity contribution in [3.05, 3.63) is 34.3 Å². The zero-order valence-corrected chi connectivity index (χ0v) is 14.3. The third kappa shape index (κ3) is 3.57. The van der Waals surface area contributed by atoms with E-state index in [1.54, 1.807) is 6.92 Å². The minimum atomic E-state index is -1.000. The van der Waals surface area contributed by atoms with Gasteiger partial charge in [-0.2, -0.15) is 11.8 Å². The summed E-state index contributed by atoms with van der Waals surface area (Å²) in [5, 5.41) is 3.02. The van der Waals surface area contributed by atoms with Crippen LogP contribution in [0.25, 0.3) is 0 Å². The van der Waals surface area contributed by atoms with Crippen LogP contribution in [0.4, 0.5) is 0 Å². The summed E-state index contributed by atoms with van der Waals surface area (Å²) >= 11 is 5.32. The second kappa shape index (κ2) is 6.08. The van der Waals surface area contributed by atoms with Gasteiger partial charge in [-0.15, -0.1) is 0 Å². The molecule has 1 saturated heterocycles. The molecule has 1 heterocycles. The summed E-state index contributed by atoms with van der Waals surface area (Å²) in [6.45, 7) is 4.65. The summed E-state index contributed by atoms with van der Waals surface area (Å²) in [5.74, 6) is 1.06. The molecule has 0 spiro atoms. The van der Waals surface area contributed by atoms with E-state index >= 15 is 0 Å². The smallest absolute Gasteiger partial charge is 0.244 e. The third-order valence-electron chi connectivity index (χ3n) is 3.84. The van der Waals surface area contributed by atoms with Gasteiger partial charge in [-0.25, -0.2) is 0 Å². The molecule has 5 heteroatoms. The van der Waals surface area contributed by atoms with Crippen molar-refractivity contribution >= 4 is 33.6 Å². The average Bonchev–Trinajstić information content (AvgIpc) is 2.84. The number of hydrogen-bond acceptors (Lipinski definition) is 3. The number of rotatable bonds is 4. The van der Waals surface area contributed by atoms with Crippen molar-refractivity contribution in [2.45, 2.75) is 37.0 Å². The van der Waals surface area contributed by atoms with Gasteiger partial charge in [-0.05, 0) is 50.1 Å². The Labute approximate surface area is 133 Å². The van der Waals surface area contributed by atoms with Crippen molar-refractivity contribution in [1.29, 1.82) is 0 Å². The first-order chi connectivity index (χ1) is 9.33. The highest BCUT2D eigenvalue weighted by Crippen LogP contribution is 2.37. The lowest BCUT2D eigenvalue weighted by Crippen LogP contribution is -2.51. The van der Waals surface area contributed by atoms with E-state index in [0.717, 1.165) is 16.5 Å². The molecule has 1 aromatic carbocycles. The topological polar surface area (TPSA) is 55.1 Å². The van der Waals surface area contributed by atoms with Crippen molar-refractivity contribution in [3.8, 4) is 0 Å². The summed E-state index contributed by atoms with van der Waals surface area (Å²) in [6, 6.07) is 7.58. The maximum absolute atomic E-state index is 12.4. The molecule has 1 aliphatic rings. The van der Waals surface area contributed by atoms with Crippen LogP contribution in [0.5, 0.6) is 0 Å². The second-order valence-corrected chi connectivity index (χ2v) is 8.39. The van der Waals surface area contributed by atoms with Crippen molar-refractivity contribution in [3.63, 3.8) is 0 Å². The van der Waals surface area contributed by atoms with Gasteiger partial charge in [-0.3, -0.25) is 4.79 Å². The molecule has 0 radical (unpaired) electrons. The Morgan fingerprint density at radius 2 is 2.15 bits per heavy atom. The van der Waals surface area contributed by atoms with Crippen LogP contribution in [0.3, 0.4) is 0 Å². The van der Waals surface area contributed by atoms with Gasteiger partial charge in [0.05, 0.1) is 0 Å². The first kappa shape index (κ1) is 15.9. The molecule has 20 heavy (non-hydrogen) atoms. The third-order valence-corrected chi connectivity index (χ3v) is 5.91. The Kier molecular flexibility index (Phi) is 4.82. The van der Waals surface area contributed by atoms with Crippen LogP contribution in [0.2, 0.25) is 0 Å². The van der Waals surface area contributed by atoms with Crippen molar-refractivity contribution in [2.75, 3.05) is 12.3 Å². The number of nitrogens with one attached hydrogen (secondary N) is 1. The van der Waals surface area contributed by atoms with Crippen molar-refractivity contribution in [2.24, 2.45) is 5.73 Å². The van der Waals surface area contributed by atoms with Crippen LogP contribution in [0.15, 0.2) is 28.7 Å². The lowest BCUT2D eigenvalue weighted by molar-refractivity contribution is -0.126. The first-order valence-corrected chi connectivity index (χ1v) is 8.59. The van der Waals surface area contributed by atoms with E-state index in [9.17, 15) is 4.79 Å². The predicted octanol–water partition coefficient (Wildman–Crippen LogP) is 3.02. The normalized spacial score (nSPS) is 25.2. The first-order valence-electron chi connectivity index (χ1n) is 6.81. The van der Waals surface area contributed by atoms with Gasteiger partial charge in [0.15, 0.2) is 0 Å². The van der Waals surface area contributed by atoms with Crippen molar-refractivity contribution in [1.82, 2.24) is 5.32 Å². The quantitative estimate of drug-likeness (QED) is 0.871. The summed E-state index contributed by atoms with van der Waals surface area (Å²) in [6.07, 6.45) is 2.38. The monoisotopic (exact) mass is 356 g/mol. The van der Waals surface area contributed by atoms with Gasteiger partial charge in [0, 0.05) is 15.8 Å². The molecule has 0 aromatic heterocycles. The highest BCUT2D eigenvalue weighted by Gasteiger charge is 2.34. The Balaban J connectivity index is 2.01. The van der Waals surface area contributed by atoms with E-state index in [4.69, 9.17) is 5.73 Å². The SMILES string of the molecule is CC1(CNC(=O)C(C)(N)c2ccc(Br)cc2)CCCS1. The number of carbonyl (C=O) groups is 1. The molecule has 0 bridgehead atoms. The highest BCUT2D eigenvalue weighted by atomic mass is 79.9. The minimum absolute atomic E-state index is 0.117. The van der Waals surface area contributed by atoms with E-state index in [1.807, 2.05) is 36.0 Å². The van der Waals surface area contributed by atoms with Gasteiger partial charge >= 0.3 is 0 Å². The van der Waals surface area contributed by atoms with Crippen LogP contribution >= 0.6 is 27.7 Å². The fourth-order valence-electron chi connectivity index (χ4n) is 2.35. The molecule has 0 aliphatic carbocycles. The molecule has 1 amide bonds. The zero-order valence-electron chi connectivity index (χ0n) is 11.9. The molecule has 3 N–H and O–H groups in total. The van der Waals surface area contributed by atoms with E-state index in [0.29, 0.717) is 6.54 Å². The van der Waals surface area contributed by atoms with Crippen LogP contribution in [-0.4, -0.2) is 23.0 Å². The maximum Gasteiger partial charge on any atom is 0.244 e. The van der Waals surface area contributed by atoms with E-state index in [1.165, 1.54) is 12.2 Å². The number of amides is 1. The van der Waals surface area contributed by atoms with Gasteiger partial charge in [0.25, 0.3) is 0 Å². The lowest BCUT2D eigenvalue weighted by Gasteiger charge is -2.28. The molecule has 3 nitrogen and oxygen atoms in total. The molecular weight excluding hydrogens is 336 g/mol. The number of benzene rings is 1. The summed E-state index contributed by atoms with van der Waals surface area (Å²) in [7, 11) is 0. The van der Waals surface area contributed by atoms with E-state index in [-0.39, 0.29) is 10.7 Å². The molecule has 1 fully saturated rings. The lowest BCUT2D eigenvalue weighted by atomic mass is 9.92. The molecular formula is C15H21BrN2OS. The summed E-state index contributed by atoms with van der Waals surface area (Å²) in [5.41, 5.74) is 6.05. The molecule has 1 aliphatic heterocycles. The molecule has 2 atom stereocenters. The summed E-state index contributed by atoms with van der Waals surface area (Å²) < 4.78 is 1.14. The van der Waals surface area contributed by atoms with Crippen LogP contribution < -0.4 is 11.1 Å². The second-order valence-electron chi connectivity index (χ2n) is 5.79. The van der Waals surface area contributed by atoms with Gasteiger partial charge < -0.3 is 11.1 Å². The molecule has 0 saturated carbocycles. The predicted molar refractivity (Wildman–Crippen MR) is 88.8 cm³/mol.